The third-order valence-corrected chi connectivity index (χ3v) is 7.10. The van der Waals surface area contributed by atoms with Gasteiger partial charge in [-0.3, -0.25) is 0 Å². The molecule has 0 aromatic heterocycles. The van der Waals surface area contributed by atoms with Crippen molar-refractivity contribution in [3.8, 4) is 0 Å². The monoisotopic (exact) mass is 275 g/mol. The van der Waals surface area contributed by atoms with E-state index in [0.29, 0.717) is 11.8 Å². The number of nitrogens with one attached hydrogen (secondary N) is 1. The quantitative estimate of drug-likeness (QED) is 0.839. The van der Waals surface area contributed by atoms with Gasteiger partial charge in [-0.05, 0) is 39.2 Å². The molecule has 1 fully saturated rings. The summed E-state index contributed by atoms with van der Waals surface area (Å²) in [6, 6.07) is 0.0535. The van der Waals surface area contributed by atoms with Crippen molar-refractivity contribution in [3.05, 3.63) is 0 Å². The molecule has 0 radical (unpaired) electrons. The summed E-state index contributed by atoms with van der Waals surface area (Å²) in [4.78, 5) is 0. The van der Waals surface area contributed by atoms with Crippen LogP contribution >= 0.6 is 0 Å². The van der Waals surface area contributed by atoms with E-state index in [2.05, 4.69) is 12.2 Å². The lowest BCUT2D eigenvalue weighted by Gasteiger charge is -2.43. The Morgan fingerprint density at radius 3 is 2.28 bits per heavy atom. The molecule has 0 saturated heterocycles. The maximum Gasteiger partial charge on any atom is 0.154 e. The second-order valence-electron chi connectivity index (χ2n) is 6.26. The van der Waals surface area contributed by atoms with Gasteiger partial charge in [0.25, 0.3) is 0 Å². The smallest absolute Gasteiger partial charge is 0.154 e. The summed E-state index contributed by atoms with van der Waals surface area (Å²) < 4.78 is 23.4. The lowest BCUT2D eigenvalue weighted by Crippen LogP contribution is -2.56. The third-order valence-electron chi connectivity index (χ3n) is 4.94. The number of hydrogen-bond acceptors (Lipinski definition) is 3. The van der Waals surface area contributed by atoms with Crippen LogP contribution in [-0.4, -0.2) is 32.5 Å². The lowest BCUT2D eigenvalue weighted by molar-refractivity contribution is 0.159. The molecule has 0 spiro atoms. The Kier molecular flexibility index (Phi) is 5.24. The van der Waals surface area contributed by atoms with E-state index >= 15 is 0 Å². The largest absolute Gasteiger partial charge is 0.315 e. The van der Waals surface area contributed by atoms with E-state index in [9.17, 15) is 8.42 Å². The zero-order valence-electron chi connectivity index (χ0n) is 12.5. The van der Waals surface area contributed by atoms with E-state index in [4.69, 9.17) is 0 Å². The fourth-order valence-electron chi connectivity index (χ4n) is 3.49. The predicted octanol–water partition coefficient (Wildman–Crippen LogP) is 2.61. The van der Waals surface area contributed by atoms with E-state index in [0.717, 1.165) is 12.8 Å². The van der Waals surface area contributed by atoms with Crippen molar-refractivity contribution in [1.82, 2.24) is 5.32 Å². The second kappa shape index (κ2) is 5.91. The summed E-state index contributed by atoms with van der Waals surface area (Å²) in [7, 11) is -1.16. The number of hydrogen-bond donors (Lipinski definition) is 1. The SMILES string of the molecule is CCC1CCCCC1C(NC)C(C)(C)S(C)(=O)=O. The highest BCUT2D eigenvalue weighted by Gasteiger charge is 2.44. The molecule has 1 saturated carbocycles. The summed E-state index contributed by atoms with van der Waals surface area (Å²) in [5.74, 6) is 1.15. The average Bonchev–Trinajstić information content (AvgIpc) is 2.29. The minimum atomic E-state index is -3.06. The van der Waals surface area contributed by atoms with E-state index in [1.165, 1.54) is 25.5 Å². The molecule has 3 nitrogen and oxygen atoms in total. The Morgan fingerprint density at radius 1 is 1.28 bits per heavy atom. The standard InChI is InChI=1S/C14H29NO2S/c1-6-11-9-7-8-10-12(11)13(15-4)14(2,3)18(5,16)17/h11-13,15H,6-10H2,1-5H3. The molecule has 1 rings (SSSR count). The van der Waals surface area contributed by atoms with Crippen LogP contribution in [0.2, 0.25) is 0 Å². The Balaban J connectivity index is 3.01. The third kappa shape index (κ3) is 3.08. The van der Waals surface area contributed by atoms with Gasteiger partial charge in [0.2, 0.25) is 0 Å². The fraction of sp³-hybridized carbons (Fsp3) is 1.00. The first-order chi connectivity index (χ1) is 8.25. The molecule has 1 aliphatic rings. The minimum absolute atomic E-state index is 0.0535. The molecular formula is C14H29NO2S. The Morgan fingerprint density at radius 2 is 1.83 bits per heavy atom. The van der Waals surface area contributed by atoms with Crippen LogP contribution in [0.5, 0.6) is 0 Å². The van der Waals surface area contributed by atoms with E-state index in [1.54, 1.807) is 0 Å². The van der Waals surface area contributed by atoms with Gasteiger partial charge in [0.15, 0.2) is 9.84 Å². The zero-order valence-corrected chi connectivity index (χ0v) is 13.3. The maximum atomic E-state index is 12.1. The van der Waals surface area contributed by atoms with Gasteiger partial charge in [0.05, 0.1) is 4.75 Å². The van der Waals surface area contributed by atoms with Crippen molar-refractivity contribution in [2.45, 2.75) is 63.7 Å². The number of rotatable bonds is 5. The fourth-order valence-corrected chi connectivity index (χ4v) is 4.24. The molecule has 0 bridgehead atoms. The van der Waals surface area contributed by atoms with E-state index in [-0.39, 0.29) is 6.04 Å². The minimum Gasteiger partial charge on any atom is -0.315 e. The average molecular weight is 275 g/mol. The summed E-state index contributed by atoms with van der Waals surface area (Å²) in [6.45, 7) is 5.96. The second-order valence-corrected chi connectivity index (χ2v) is 8.86. The summed E-state index contributed by atoms with van der Waals surface area (Å²) in [5.41, 5.74) is 0. The summed E-state index contributed by atoms with van der Waals surface area (Å²) >= 11 is 0. The molecule has 4 heteroatoms. The van der Waals surface area contributed by atoms with Gasteiger partial charge in [-0.2, -0.15) is 0 Å². The maximum absolute atomic E-state index is 12.1. The molecule has 0 amide bonds. The number of sulfone groups is 1. The molecule has 0 heterocycles. The summed E-state index contributed by atoms with van der Waals surface area (Å²) in [5, 5.41) is 3.30. The molecule has 0 aliphatic heterocycles. The normalized spacial score (nSPS) is 28.1. The van der Waals surface area contributed by atoms with Gasteiger partial charge >= 0.3 is 0 Å². The van der Waals surface area contributed by atoms with Gasteiger partial charge in [0, 0.05) is 12.3 Å². The molecule has 18 heavy (non-hydrogen) atoms. The zero-order chi connectivity index (χ0) is 14.0. The molecule has 108 valence electrons. The first-order valence-electron chi connectivity index (χ1n) is 7.12. The topological polar surface area (TPSA) is 46.2 Å². The van der Waals surface area contributed by atoms with Gasteiger partial charge in [-0.15, -0.1) is 0 Å². The lowest BCUT2D eigenvalue weighted by atomic mass is 9.71. The van der Waals surface area contributed by atoms with Crippen molar-refractivity contribution < 1.29 is 8.42 Å². The highest BCUT2D eigenvalue weighted by molar-refractivity contribution is 7.92. The molecule has 3 atom stereocenters. The first-order valence-corrected chi connectivity index (χ1v) is 9.01. The van der Waals surface area contributed by atoms with Crippen LogP contribution in [-0.2, 0) is 9.84 Å². The van der Waals surface area contributed by atoms with E-state index in [1.807, 2.05) is 20.9 Å². The highest BCUT2D eigenvalue weighted by atomic mass is 32.2. The van der Waals surface area contributed by atoms with Crippen LogP contribution < -0.4 is 5.32 Å². The van der Waals surface area contributed by atoms with E-state index < -0.39 is 14.6 Å². The van der Waals surface area contributed by atoms with Crippen LogP contribution in [0.1, 0.15) is 52.9 Å². The molecule has 1 N–H and O–H groups in total. The van der Waals surface area contributed by atoms with Gasteiger partial charge < -0.3 is 5.32 Å². The molecule has 0 aromatic rings. The van der Waals surface area contributed by atoms with Crippen LogP contribution in [0.4, 0.5) is 0 Å². The summed E-state index contributed by atoms with van der Waals surface area (Å²) in [6.07, 6.45) is 7.45. The first kappa shape index (κ1) is 16.0. The predicted molar refractivity (Wildman–Crippen MR) is 77.5 cm³/mol. The molecule has 3 unspecified atom stereocenters. The van der Waals surface area contributed by atoms with Crippen molar-refractivity contribution >= 4 is 9.84 Å². The van der Waals surface area contributed by atoms with Gasteiger partial charge in [-0.1, -0.05) is 32.6 Å². The molecule has 0 aromatic carbocycles. The van der Waals surface area contributed by atoms with Crippen LogP contribution in [0.25, 0.3) is 0 Å². The Labute approximate surface area is 113 Å². The Hall–Kier alpha value is -0.0900. The Bertz CT molecular complexity index is 362. The van der Waals surface area contributed by atoms with Crippen LogP contribution in [0.15, 0.2) is 0 Å². The van der Waals surface area contributed by atoms with Crippen molar-refractivity contribution in [2.75, 3.05) is 13.3 Å². The van der Waals surface area contributed by atoms with Gasteiger partial charge in [0.1, 0.15) is 0 Å². The van der Waals surface area contributed by atoms with Gasteiger partial charge in [-0.25, -0.2) is 8.42 Å². The van der Waals surface area contributed by atoms with Crippen molar-refractivity contribution in [3.63, 3.8) is 0 Å². The van der Waals surface area contributed by atoms with Crippen molar-refractivity contribution in [1.29, 1.82) is 0 Å². The molecular weight excluding hydrogens is 246 g/mol. The van der Waals surface area contributed by atoms with Crippen LogP contribution in [0.3, 0.4) is 0 Å². The molecule has 1 aliphatic carbocycles. The van der Waals surface area contributed by atoms with Crippen molar-refractivity contribution in [2.24, 2.45) is 11.8 Å². The highest BCUT2D eigenvalue weighted by Crippen LogP contribution is 2.39. The van der Waals surface area contributed by atoms with Crippen LogP contribution in [0, 0.1) is 11.8 Å².